The summed E-state index contributed by atoms with van der Waals surface area (Å²) in [6.07, 6.45) is -0.420. The lowest BCUT2D eigenvalue weighted by atomic mass is 10.2. The van der Waals surface area contributed by atoms with E-state index in [0.29, 0.717) is 13.0 Å². The molecule has 1 atom stereocenters. The Balaban J connectivity index is 2.56. The second-order valence-corrected chi connectivity index (χ2v) is 3.60. The van der Waals surface area contributed by atoms with Crippen molar-refractivity contribution in [1.82, 2.24) is 4.90 Å². The summed E-state index contributed by atoms with van der Waals surface area (Å²) in [5, 5.41) is 9.38. The minimum absolute atomic E-state index is 0.221. The van der Waals surface area contributed by atoms with Gasteiger partial charge in [0.2, 0.25) is 0 Å². The fraction of sp³-hybridized carbons (Fsp3) is 0.417. The lowest BCUT2D eigenvalue weighted by molar-refractivity contribution is -0.139. The number of likely N-dealkylation sites (N-methyl/N-ethyl adjacent to an activating group) is 1. The summed E-state index contributed by atoms with van der Waals surface area (Å²) in [5.41, 5.74) is 1.07. The number of nitrogens with zero attached hydrogens (tertiary/aromatic N) is 1. The molecule has 0 aliphatic rings. The van der Waals surface area contributed by atoms with Crippen LogP contribution in [0.1, 0.15) is 18.9 Å². The van der Waals surface area contributed by atoms with Crippen LogP contribution < -0.4 is 0 Å². The molecule has 0 bridgehead atoms. The summed E-state index contributed by atoms with van der Waals surface area (Å²) in [7, 11) is 1.70. The Morgan fingerprint density at radius 1 is 1.40 bits per heavy atom. The van der Waals surface area contributed by atoms with Gasteiger partial charge in [0.1, 0.15) is 6.10 Å². The van der Waals surface area contributed by atoms with Crippen LogP contribution in [0.5, 0.6) is 0 Å². The summed E-state index contributed by atoms with van der Waals surface area (Å²) in [6.45, 7) is 2.33. The molecule has 0 fully saturated rings. The zero-order valence-corrected chi connectivity index (χ0v) is 9.18. The van der Waals surface area contributed by atoms with Crippen LogP contribution in [-0.2, 0) is 11.3 Å². The third-order valence-electron chi connectivity index (χ3n) is 2.31. The SMILES string of the molecule is CCC(O)C(=O)N(C)Cc1ccccc1. The van der Waals surface area contributed by atoms with Gasteiger partial charge in [-0.1, -0.05) is 37.3 Å². The van der Waals surface area contributed by atoms with Crippen LogP contribution in [0.3, 0.4) is 0 Å². The first-order valence-corrected chi connectivity index (χ1v) is 5.12. The van der Waals surface area contributed by atoms with Gasteiger partial charge in [0.25, 0.3) is 5.91 Å². The third-order valence-corrected chi connectivity index (χ3v) is 2.31. The van der Waals surface area contributed by atoms with Crippen molar-refractivity contribution >= 4 is 5.91 Å². The highest BCUT2D eigenvalue weighted by atomic mass is 16.3. The van der Waals surface area contributed by atoms with E-state index in [1.807, 2.05) is 30.3 Å². The Labute approximate surface area is 90.3 Å². The van der Waals surface area contributed by atoms with E-state index in [2.05, 4.69) is 0 Å². The monoisotopic (exact) mass is 207 g/mol. The van der Waals surface area contributed by atoms with Crippen molar-refractivity contribution in [2.45, 2.75) is 26.0 Å². The van der Waals surface area contributed by atoms with Crippen molar-refractivity contribution in [3.63, 3.8) is 0 Å². The zero-order valence-electron chi connectivity index (χ0n) is 9.18. The molecule has 0 saturated heterocycles. The van der Waals surface area contributed by atoms with Crippen molar-refractivity contribution in [2.75, 3.05) is 7.05 Å². The molecule has 0 aliphatic carbocycles. The number of hydrogen-bond donors (Lipinski definition) is 1. The summed E-state index contributed by atoms with van der Waals surface area (Å²) in [4.78, 5) is 13.1. The Kier molecular flexibility index (Phi) is 4.31. The average molecular weight is 207 g/mol. The van der Waals surface area contributed by atoms with Crippen LogP contribution in [0.15, 0.2) is 30.3 Å². The van der Waals surface area contributed by atoms with Crippen LogP contribution in [0.4, 0.5) is 0 Å². The number of aliphatic hydroxyl groups is 1. The molecule has 0 spiro atoms. The molecular formula is C12H17NO2. The molecule has 1 rings (SSSR count). The van der Waals surface area contributed by atoms with Gasteiger partial charge in [0.15, 0.2) is 0 Å². The predicted molar refractivity (Wildman–Crippen MR) is 59.2 cm³/mol. The van der Waals surface area contributed by atoms with E-state index in [1.165, 1.54) is 0 Å². The van der Waals surface area contributed by atoms with Crippen LogP contribution in [0.25, 0.3) is 0 Å². The Morgan fingerprint density at radius 3 is 2.53 bits per heavy atom. The van der Waals surface area contributed by atoms with Gasteiger partial charge in [-0.3, -0.25) is 4.79 Å². The topological polar surface area (TPSA) is 40.5 Å². The number of carbonyl (C=O) groups excluding carboxylic acids is 1. The van der Waals surface area contributed by atoms with Crippen molar-refractivity contribution in [2.24, 2.45) is 0 Å². The number of rotatable bonds is 4. The zero-order chi connectivity index (χ0) is 11.3. The molecule has 3 nitrogen and oxygen atoms in total. The minimum atomic E-state index is -0.876. The highest BCUT2D eigenvalue weighted by molar-refractivity contribution is 5.80. The summed E-state index contributed by atoms with van der Waals surface area (Å²) < 4.78 is 0. The van der Waals surface area contributed by atoms with E-state index in [1.54, 1.807) is 18.9 Å². The molecule has 0 radical (unpaired) electrons. The van der Waals surface area contributed by atoms with Crippen molar-refractivity contribution < 1.29 is 9.90 Å². The highest BCUT2D eigenvalue weighted by Crippen LogP contribution is 2.05. The minimum Gasteiger partial charge on any atom is -0.383 e. The average Bonchev–Trinajstić information content (AvgIpc) is 2.28. The molecule has 15 heavy (non-hydrogen) atoms. The first kappa shape index (κ1) is 11.7. The van der Waals surface area contributed by atoms with Crippen molar-refractivity contribution in [1.29, 1.82) is 0 Å². The molecule has 0 aromatic heterocycles. The molecule has 1 aromatic carbocycles. The van der Waals surface area contributed by atoms with Crippen LogP contribution in [0.2, 0.25) is 0 Å². The number of benzene rings is 1. The van der Waals surface area contributed by atoms with Gasteiger partial charge in [-0.25, -0.2) is 0 Å². The smallest absolute Gasteiger partial charge is 0.251 e. The number of aliphatic hydroxyl groups excluding tert-OH is 1. The molecule has 0 saturated carbocycles. The summed E-state index contributed by atoms with van der Waals surface area (Å²) >= 11 is 0. The maximum atomic E-state index is 11.6. The van der Waals surface area contributed by atoms with Crippen LogP contribution in [0, 0.1) is 0 Å². The lowest BCUT2D eigenvalue weighted by Crippen LogP contribution is -2.35. The Bertz CT molecular complexity index is 311. The van der Waals surface area contributed by atoms with E-state index in [-0.39, 0.29) is 5.91 Å². The van der Waals surface area contributed by atoms with Crippen LogP contribution in [-0.4, -0.2) is 29.1 Å². The standard InChI is InChI=1S/C12H17NO2/c1-3-11(14)12(15)13(2)9-10-7-5-4-6-8-10/h4-8,11,14H,3,9H2,1-2H3. The lowest BCUT2D eigenvalue weighted by Gasteiger charge is -2.19. The predicted octanol–water partition coefficient (Wildman–Crippen LogP) is 1.42. The first-order chi connectivity index (χ1) is 7.15. The number of amides is 1. The highest BCUT2D eigenvalue weighted by Gasteiger charge is 2.16. The van der Waals surface area contributed by atoms with E-state index in [9.17, 15) is 9.90 Å². The van der Waals surface area contributed by atoms with Crippen molar-refractivity contribution in [3.8, 4) is 0 Å². The van der Waals surface area contributed by atoms with Gasteiger partial charge in [-0.15, -0.1) is 0 Å². The fourth-order valence-electron chi connectivity index (χ4n) is 1.36. The second kappa shape index (κ2) is 5.51. The largest absolute Gasteiger partial charge is 0.383 e. The molecule has 82 valence electrons. The van der Waals surface area contributed by atoms with E-state index in [0.717, 1.165) is 5.56 Å². The molecule has 0 aliphatic heterocycles. The number of hydrogen-bond acceptors (Lipinski definition) is 2. The third kappa shape index (κ3) is 3.36. The molecule has 3 heteroatoms. The number of carbonyl (C=O) groups is 1. The molecule has 1 unspecified atom stereocenters. The quantitative estimate of drug-likeness (QED) is 0.811. The molecule has 1 amide bonds. The second-order valence-electron chi connectivity index (χ2n) is 3.60. The van der Waals surface area contributed by atoms with E-state index < -0.39 is 6.10 Å². The molecule has 1 N–H and O–H groups in total. The maximum Gasteiger partial charge on any atom is 0.251 e. The fourth-order valence-corrected chi connectivity index (χ4v) is 1.36. The molecule has 1 aromatic rings. The van der Waals surface area contributed by atoms with Gasteiger partial charge in [0.05, 0.1) is 0 Å². The summed E-state index contributed by atoms with van der Waals surface area (Å²) in [5.74, 6) is -0.221. The van der Waals surface area contributed by atoms with Gasteiger partial charge < -0.3 is 10.0 Å². The van der Waals surface area contributed by atoms with Crippen molar-refractivity contribution in [3.05, 3.63) is 35.9 Å². The van der Waals surface area contributed by atoms with Gasteiger partial charge in [0, 0.05) is 13.6 Å². The Morgan fingerprint density at radius 2 is 2.00 bits per heavy atom. The van der Waals surface area contributed by atoms with Gasteiger partial charge in [-0.05, 0) is 12.0 Å². The normalized spacial score (nSPS) is 12.2. The van der Waals surface area contributed by atoms with Gasteiger partial charge >= 0.3 is 0 Å². The Hall–Kier alpha value is -1.35. The molecule has 0 heterocycles. The van der Waals surface area contributed by atoms with E-state index >= 15 is 0 Å². The maximum absolute atomic E-state index is 11.6. The van der Waals surface area contributed by atoms with Crippen LogP contribution >= 0.6 is 0 Å². The van der Waals surface area contributed by atoms with Gasteiger partial charge in [-0.2, -0.15) is 0 Å². The van der Waals surface area contributed by atoms with E-state index in [4.69, 9.17) is 0 Å². The summed E-state index contributed by atoms with van der Waals surface area (Å²) in [6, 6.07) is 9.73. The first-order valence-electron chi connectivity index (χ1n) is 5.12. The molecular weight excluding hydrogens is 190 g/mol.